The van der Waals surface area contributed by atoms with E-state index in [-0.39, 0.29) is 34.6 Å². The molecule has 12 nitrogen and oxygen atoms in total. The highest BCUT2D eigenvalue weighted by Crippen LogP contribution is 2.26. The number of amidine groups is 1. The molecule has 0 spiro atoms. The molecule has 0 bridgehead atoms. The summed E-state index contributed by atoms with van der Waals surface area (Å²) in [5, 5.41) is 17.3. The molecule has 1 amide bonds. The molecule has 37 heavy (non-hydrogen) atoms. The summed E-state index contributed by atoms with van der Waals surface area (Å²) in [5.41, 5.74) is -1.69. The van der Waals surface area contributed by atoms with Crippen molar-refractivity contribution < 1.29 is 23.8 Å². The Morgan fingerprint density at radius 1 is 1.27 bits per heavy atom. The van der Waals surface area contributed by atoms with E-state index in [0.717, 1.165) is 14.5 Å². The molecule has 194 valence electrons. The lowest BCUT2D eigenvalue weighted by Crippen LogP contribution is -2.40. The number of nitrogens with zero attached hydrogens (tertiary/aromatic N) is 6. The van der Waals surface area contributed by atoms with Gasteiger partial charge in [-0.25, -0.2) is 24.0 Å². The summed E-state index contributed by atoms with van der Waals surface area (Å²) in [6.45, 7) is 9.84. The van der Waals surface area contributed by atoms with Gasteiger partial charge in [0.15, 0.2) is 17.5 Å². The number of aliphatic imine (C=N–C) groups is 1. The van der Waals surface area contributed by atoms with Gasteiger partial charge in [-0.2, -0.15) is 10.1 Å². The molecule has 1 aliphatic heterocycles. The van der Waals surface area contributed by atoms with E-state index in [2.05, 4.69) is 27.1 Å². The molecule has 0 saturated heterocycles. The van der Waals surface area contributed by atoms with Gasteiger partial charge in [0.2, 0.25) is 0 Å². The molecule has 0 atom stereocenters. The van der Waals surface area contributed by atoms with Gasteiger partial charge < -0.3 is 15.2 Å². The van der Waals surface area contributed by atoms with Crippen molar-refractivity contribution in [3.05, 3.63) is 76.1 Å². The highest BCUT2D eigenvalue weighted by atomic mass is 19.1. The molecule has 0 aliphatic carbocycles. The van der Waals surface area contributed by atoms with Crippen LogP contribution in [0, 0.1) is 5.82 Å². The molecule has 0 fully saturated rings. The van der Waals surface area contributed by atoms with Gasteiger partial charge in [-0.3, -0.25) is 14.3 Å². The van der Waals surface area contributed by atoms with E-state index in [1.165, 1.54) is 56.7 Å². The van der Waals surface area contributed by atoms with Crippen molar-refractivity contribution in [2.45, 2.75) is 33.3 Å². The monoisotopic (exact) mass is 511 g/mol. The Morgan fingerprint density at radius 2 is 1.97 bits per heavy atom. The van der Waals surface area contributed by atoms with Gasteiger partial charge in [0.25, 0.3) is 5.56 Å². The average Bonchev–Trinajstić information content (AvgIpc) is 2.83. The van der Waals surface area contributed by atoms with E-state index in [4.69, 9.17) is 4.74 Å². The van der Waals surface area contributed by atoms with E-state index >= 15 is 0 Å². The molecule has 0 unspecified atom stereocenters. The first-order valence-electron chi connectivity index (χ1n) is 10.9. The molecule has 2 aromatic rings. The quantitative estimate of drug-likeness (QED) is 0.461. The molecular formula is C24H26FN7O5. The number of hydrogen-bond acceptors (Lipinski definition) is 9. The van der Waals surface area contributed by atoms with E-state index in [1.807, 2.05) is 0 Å². The van der Waals surface area contributed by atoms with Crippen LogP contribution in [0.1, 0.15) is 27.7 Å². The van der Waals surface area contributed by atoms with Gasteiger partial charge in [-0.05, 0) is 52.0 Å². The van der Waals surface area contributed by atoms with Crippen LogP contribution in [0.3, 0.4) is 0 Å². The third-order valence-corrected chi connectivity index (χ3v) is 4.90. The number of rotatable bonds is 5. The zero-order valence-electron chi connectivity index (χ0n) is 20.9. The van der Waals surface area contributed by atoms with Gasteiger partial charge in [0, 0.05) is 32.2 Å². The summed E-state index contributed by atoms with van der Waals surface area (Å²) in [6.07, 6.45) is 3.30. The van der Waals surface area contributed by atoms with Crippen LogP contribution in [0.4, 0.5) is 14.9 Å². The predicted octanol–water partition coefficient (Wildman–Crippen LogP) is 3.14. The maximum atomic E-state index is 14.3. The molecule has 13 heteroatoms. The van der Waals surface area contributed by atoms with Crippen molar-refractivity contribution in [3.63, 3.8) is 0 Å². The van der Waals surface area contributed by atoms with Gasteiger partial charge in [0.05, 0.1) is 5.57 Å². The van der Waals surface area contributed by atoms with E-state index in [9.17, 15) is 23.9 Å². The van der Waals surface area contributed by atoms with Crippen LogP contribution in [0.25, 0.3) is 5.82 Å². The number of aliphatic carboxylic acids is 1. The highest BCUT2D eigenvalue weighted by Gasteiger charge is 2.31. The van der Waals surface area contributed by atoms with E-state index in [0.29, 0.717) is 0 Å². The Bertz CT molecular complexity index is 1400. The van der Waals surface area contributed by atoms with Crippen LogP contribution in [-0.2, 0) is 9.53 Å². The van der Waals surface area contributed by atoms with E-state index < -0.39 is 29.0 Å². The number of aromatic nitrogens is 2. The summed E-state index contributed by atoms with van der Waals surface area (Å²) >= 11 is 0. The number of hydrazone groups is 1. The highest BCUT2D eigenvalue weighted by molar-refractivity contribution is 6.06. The Labute approximate surface area is 211 Å². The molecular weight excluding hydrogens is 485 g/mol. The van der Waals surface area contributed by atoms with Crippen LogP contribution in [0.5, 0.6) is 0 Å². The lowest BCUT2D eigenvalue weighted by molar-refractivity contribution is -0.132. The zero-order chi connectivity index (χ0) is 27.5. The second kappa shape index (κ2) is 10.4. The Hall–Kier alpha value is -4.81. The number of pyridine rings is 2. The number of halogens is 1. The smallest absolute Gasteiger partial charge is 0.415 e. The number of carbonyl (C=O) groups excluding carboxylic acids is 1. The average molecular weight is 512 g/mol. The summed E-state index contributed by atoms with van der Waals surface area (Å²) in [6, 6.07) is 5.49. The van der Waals surface area contributed by atoms with Crippen molar-refractivity contribution in [3.8, 4) is 5.82 Å². The van der Waals surface area contributed by atoms with Crippen molar-refractivity contribution >= 4 is 30.3 Å². The molecule has 0 radical (unpaired) electrons. The first-order chi connectivity index (χ1) is 17.3. The maximum absolute atomic E-state index is 14.3. The Kier molecular flexibility index (Phi) is 7.56. The minimum atomic E-state index is -1.29. The summed E-state index contributed by atoms with van der Waals surface area (Å²) in [7, 11) is 1.40. The number of hydrogen-bond donors (Lipinski definition) is 2. The van der Waals surface area contributed by atoms with Gasteiger partial charge in [-0.15, -0.1) is 0 Å². The number of amides is 1. The third-order valence-electron chi connectivity index (χ3n) is 4.90. The number of carboxylic acids is 1. The fraction of sp³-hybridized carbons (Fsp3) is 0.250. The topological polar surface area (TPSA) is 142 Å². The minimum Gasteiger partial charge on any atom is -0.478 e. The normalized spacial score (nSPS) is 14.8. The van der Waals surface area contributed by atoms with Crippen molar-refractivity contribution in [2.75, 3.05) is 12.4 Å². The molecule has 2 aromatic heterocycles. The van der Waals surface area contributed by atoms with E-state index in [1.54, 1.807) is 20.8 Å². The molecule has 1 aliphatic rings. The van der Waals surface area contributed by atoms with Crippen LogP contribution in [0.2, 0.25) is 0 Å². The third kappa shape index (κ3) is 5.89. The molecule has 0 saturated carbocycles. The number of anilines is 1. The summed E-state index contributed by atoms with van der Waals surface area (Å²) in [5.74, 6) is -2.31. The Balaban J connectivity index is 2.11. The van der Waals surface area contributed by atoms with Crippen molar-refractivity contribution in [1.29, 1.82) is 0 Å². The molecule has 0 aromatic carbocycles. The SMILES string of the molecule is C=NN1C(N(C)C(=O)OC(C)(C)C)=CC(Nc2cccn(-c3ncccc3F)c2=O)=N/C1=C(/C)C(=O)O. The largest absolute Gasteiger partial charge is 0.478 e. The second-order valence-electron chi connectivity index (χ2n) is 8.78. The number of carboxylic acid groups (broad SMARTS) is 1. The van der Waals surface area contributed by atoms with Crippen LogP contribution < -0.4 is 10.9 Å². The van der Waals surface area contributed by atoms with Crippen LogP contribution in [0.15, 0.2) is 74.8 Å². The fourth-order valence-electron chi connectivity index (χ4n) is 3.14. The standard InChI is InChI=1S/C24H26FN7O5/c1-14(22(34)35)19-29-17(13-18(32(19)26-5)30(6)23(36)37-24(2,3)4)28-16-10-8-12-31(21(16)33)20-15(25)9-7-11-27-20/h7-13H,5H2,1-4,6H3,(H,28,29)(H,34,35)/b19-14+. The Morgan fingerprint density at radius 3 is 2.57 bits per heavy atom. The first kappa shape index (κ1) is 26.8. The van der Waals surface area contributed by atoms with Crippen LogP contribution >= 0.6 is 0 Å². The zero-order valence-corrected chi connectivity index (χ0v) is 20.9. The fourth-order valence-corrected chi connectivity index (χ4v) is 3.14. The predicted molar refractivity (Wildman–Crippen MR) is 135 cm³/mol. The first-order valence-corrected chi connectivity index (χ1v) is 10.9. The van der Waals surface area contributed by atoms with Crippen LogP contribution in [-0.4, -0.2) is 61.8 Å². The summed E-state index contributed by atoms with van der Waals surface area (Å²) < 4.78 is 20.7. The summed E-state index contributed by atoms with van der Waals surface area (Å²) in [4.78, 5) is 46.9. The molecule has 2 N–H and O–H groups in total. The lowest BCUT2D eigenvalue weighted by atomic mass is 10.2. The molecule has 3 heterocycles. The number of nitrogens with one attached hydrogen (secondary N) is 1. The van der Waals surface area contributed by atoms with Gasteiger partial charge >= 0.3 is 12.1 Å². The number of carbonyl (C=O) groups is 2. The van der Waals surface area contributed by atoms with Crippen molar-refractivity contribution in [1.82, 2.24) is 19.5 Å². The lowest BCUT2D eigenvalue weighted by Gasteiger charge is -2.33. The second-order valence-corrected chi connectivity index (χ2v) is 8.78. The number of ether oxygens (including phenoxy) is 1. The van der Waals surface area contributed by atoms with Gasteiger partial charge in [-0.1, -0.05) is 0 Å². The molecule has 3 rings (SSSR count). The van der Waals surface area contributed by atoms with Crippen molar-refractivity contribution in [2.24, 2.45) is 10.1 Å². The maximum Gasteiger partial charge on any atom is 0.415 e. The minimum absolute atomic E-state index is 0.00254. The van der Waals surface area contributed by atoms with Gasteiger partial charge in [0.1, 0.15) is 22.9 Å².